The molecule has 0 N–H and O–H groups in total. The quantitative estimate of drug-likeness (QED) is 0.119. The highest BCUT2D eigenvalue weighted by molar-refractivity contribution is 5.69. The molecule has 0 unspecified atom stereocenters. The maximum Gasteiger partial charge on any atom is 0.410 e. The molecule has 0 spiro atoms. The van der Waals surface area contributed by atoms with Crippen LogP contribution in [0, 0.1) is 5.92 Å². The van der Waals surface area contributed by atoms with Crippen LogP contribution in [0.15, 0.2) is 0 Å². The fourth-order valence-electron chi connectivity index (χ4n) is 5.03. The van der Waals surface area contributed by atoms with Gasteiger partial charge < -0.3 is 19.3 Å². The molecule has 0 aliphatic carbocycles. The minimum absolute atomic E-state index is 0.0372. The third-order valence-electron chi connectivity index (χ3n) is 7.30. The summed E-state index contributed by atoms with van der Waals surface area (Å²) in [6.45, 7) is 15.6. The average molecular weight is 525 g/mol. The summed E-state index contributed by atoms with van der Waals surface area (Å²) < 4.78 is 11.0. The molecule has 1 saturated heterocycles. The summed E-state index contributed by atoms with van der Waals surface area (Å²) in [5.74, 6) is 0.660. The summed E-state index contributed by atoms with van der Waals surface area (Å²) in [6, 6.07) is 0. The number of unbranched alkanes of at least 4 members (excludes halogenated alkanes) is 8. The van der Waals surface area contributed by atoms with Gasteiger partial charge in [-0.05, 0) is 84.7 Å². The highest BCUT2D eigenvalue weighted by Crippen LogP contribution is 2.23. The monoisotopic (exact) mass is 524 g/mol. The van der Waals surface area contributed by atoms with Gasteiger partial charge in [0.15, 0.2) is 0 Å². The fourth-order valence-corrected chi connectivity index (χ4v) is 5.03. The lowest BCUT2D eigenvalue weighted by molar-refractivity contribution is -0.144. The van der Waals surface area contributed by atoms with Gasteiger partial charge in [-0.25, -0.2) is 4.79 Å². The van der Waals surface area contributed by atoms with Crippen LogP contribution in [0.4, 0.5) is 4.79 Å². The van der Waals surface area contributed by atoms with Crippen molar-refractivity contribution in [3.63, 3.8) is 0 Å². The number of hydrogen-bond donors (Lipinski definition) is 0. The Kier molecular flexibility index (Phi) is 18.8. The van der Waals surface area contributed by atoms with E-state index in [2.05, 4.69) is 18.7 Å². The molecule has 0 radical (unpaired) electrons. The Balaban J connectivity index is 2.32. The zero-order chi connectivity index (χ0) is 27.4. The second-order valence-electron chi connectivity index (χ2n) is 12.0. The van der Waals surface area contributed by atoms with E-state index in [1.807, 2.05) is 25.7 Å². The van der Waals surface area contributed by atoms with Crippen molar-refractivity contribution in [2.24, 2.45) is 5.92 Å². The number of amides is 1. The standard InChI is InChI=1S/C31H60N2O4/c1-6-8-10-11-12-13-15-22-32(24-17-27-36-29(34)19-14-9-7-2)23-16-18-28-20-25-33(26-21-28)30(35)37-31(3,4)5/h28H,6-27H2,1-5H3. The smallest absolute Gasteiger partial charge is 0.410 e. The van der Waals surface area contributed by atoms with E-state index in [0.29, 0.717) is 18.9 Å². The van der Waals surface area contributed by atoms with Gasteiger partial charge in [-0.2, -0.15) is 0 Å². The first kappa shape index (κ1) is 33.7. The van der Waals surface area contributed by atoms with E-state index in [1.165, 1.54) is 57.8 Å². The summed E-state index contributed by atoms with van der Waals surface area (Å²) in [5.41, 5.74) is -0.430. The lowest BCUT2D eigenvalue weighted by atomic mass is 9.92. The van der Waals surface area contributed by atoms with Gasteiger partial charge in [0.25, 0.3) is 0 Å². The maximum absolute atomic E-state index is 12.3. The molecule has 0 aromatic rings. The van der Waals surface area contributed by atoms with Gasteiger partial charge in [-0.15, -0.1) is 0 Å². The average Bonchev–Trinajstić information content (AvgIpc) is 2.85. The minimum Gasteiger partial charge on any atom is -0.466 e. The van der Waals surface area contributed by atoms with Crippen LogP contribution in [0.2, 0.25) is 0 Å². The molecule has 1 amide bonds. The van der Waals surface area contributed by atoms with Gasteiger partial charge in [0.1, 0.15) is 5.60 Å². The van der Waals surface area contributed by atoms with Gasteiger partial charge in [-0.1, -0.05) is 65.2 Å². The van der Waals surface area contributed by atoms with Gasteiger partial charge in [0, 0.05) is 26.1 Å². The predicted molar refractivity (Wildman–Crippen MR) is 154 cm³/mol. The molecule has 0 aromatic carbocycles. The summed E-state index contributed by atoms with van der Waals surface area (Å²) in [5, 5.41) is 0. The number of esters is 1. The maximum atomic E-state index is 12.3. The molecule has 1 aliphatic rings. The van der Waals surface area contributed by atoms with E-state index < -0.39 is 5.60 Å². The number of nitrogens with zero attached hydrogens (tertiary/aromatic N) is 2. The van der Waals surface area contributed by atoms with Crippen molar-refractivity contribution in [2.75, 3.05) is 39.3 Å². The highest BCUT2D eigenvalue weighted by Gasteiger charge is 2.26. The third-order valence-corrected chi connectivity index (χ3v) is 7.30. The zero-order valence-corrected chi connectivity index (χ0v) is 25.2. The van der Waals surface area contributed by atoms with Gasteiger partial charge in [-0.3, -0.25) is 4.79 Å². The summed E-state index contributed by atoms with van der Waals surface area (Å²) in [4.78, 5) is 28.7. The Morgan fingerprint density at radius 1 is 0.784 bits per heavy atom. The Hall–Kier alpha value is -1.30. The number of carbonyl (C=O) groups is 2. The van der Waals surface area contributed by atoms with Crippen LogP contribution < -0.4 is 0 Å². The normalized spacial score (nSPS) is 14.8. The molecule has 218 valence electrons. The number of ether oxygens (including phenoxy) is 2. The number of rotatable bonds is 20. The number of likely N-dealkylation sites (tertiary alicyclic amines) is 1. The van der Waals surface area contributed by atoms with Crippen molar-refractivity contribution in [3.05, 3.63) is 0 Å². The molecule has 6 nitrogen and oxygen atoms in total. The summed E-state index contributed by atoms with van der Waals surface area (Å²) in [6.07, 6.45) is 18.4. The van der Waals surface area contributed by atoms with Crippen molar-refractivity contribution in [1.82, 2.24) is 9.80 Å². The molecule has 0 bridgehead atoms. The fraction of sp³-hybridized carbons (Fsp3) is 0.935. The Morgan fingerprint density at radius 3 is 2.00 bits per heavy atom. The molecule has 6 heteroatoms. The Labute approximate surface area is 229 Å². The zero-order valence-electron chi connectivity index (χ0n) is 25.2. The molecule has 1 aliphatic heterocycles. The SMILES string of the molecule is CCCCCCCCCN(CCCOC(=O)CCCCC)CCCC1CCN(C(=O)OC(C)(C)C)CC1. The van der Waals surface area contributed by atoms with E-state index in [-0.39, 0.29) is 12.1 Å². The van der Waals surface area contributed by atoms with Crippen LogP contribution >= 0.6 is 0 Å². The second kappa shape index (κ2) is 20.6. The lowest BCUT2D eigenvalue weighted by Crippen LogP contribution is -2.41. The lowest BCUT2D eigenvalue weighted by Gasteiger charge is -2.33. The Morgan fingerprint density at radius 2 is 1.35 bits per heavy atom. The number of hydrogen-bond acceptors (Lipinski definition) is 5. The van der Waals surface area contributed by atoms with Crippen LogP contribution in [-0.2, 0) is 14.3 Å². The van der Waals surface area contributed by atoms with Crippen LogP contribution in [0.5, 0.6) is 0 Å². The molecule has 37 heavy (non-hydrogen) atoms. The topological polar surface area (TPSA) is 59.1 Å². The van der Waals surface area contributed by atoms with Gasteiger partial charge in [0.05, 0.1) is 6.61 Å². The number of piperidine rings is 1. The summed E-state index contributed by atoms with van der Waals surface area (Å²) in [7, 11) is 0. The van der Waals surface area contributed by atoms with E-state index in [0.717, 1.165) is 71.2 Å². The number of carbonyl (C=O) groups excluding carboxylic acids is 2. The molecule has 0 saturated carbocycles. The van der Waals surface area contributed by atoms with Gasteiger partial charge >= 0.3 is 12.1 Å². The minimum atomic E-state index is -0.430. The van der Waals surface area contributed by atoms with Crippen LogP contribution in [-0.4, -0.2) is 66.8 Å². The Bertz CT molecular complexity index is 582. The van der Waals surface area contributed by atoms with Crippen molar-refractivity contribution >= 4 is 12.1 Å². The second-order valence-corrected chi connectivity index (χ2v) is 12.0. The highest BCUT2D eigenvalue weighted by atomic mass is 16.6. The van der Waals surface area contributed by atoms with Crippen LogP contribution in [0.3, 0.4) is 0 Å². The van der Waals surface area contributed by atoms with Crippen molar-refractivity contribution in [1.29, 1.82) is 0 Å². The van der Waals surface area contributed by atoms with Crippen molar-refractivity contribution in [3.8, 4) is 0 Å². The molecule has 1 fully saturated rings. The predicted octanol–water partition coefficient (Wildman–Crippen LogP) is 7.98. The van der Waals surface area contributed by atoms with Crippen LogP contribution in [0.1, 0.15) is 137 Å². The molecule has 0 atom stereocenters. The first-order valence-corrected chi connectivity index (χ1v) is 15.6. The van der Waals surface area contributed by atoms with E-state index in [9.17, 15) is 9.59 Å². The first-order chi connectivity index (χ1) is 17.7. The largest absolute Gasteiger partial charge is 0.466 e. The van der Waals surface area contributed by atoms with E-state index >= 15 is 0 Å². The molecule has 1 rings (SSSR count). The molecular formula is C31H60N2O4. The van der Waals surface area contributed by atoms with Crippen LogP contribution in [0.25, 0.3) is 0 Å². The molecular weight excluding hydrogens is 464 g/mol. The molecule has 1 heterocycles. The third kappa shape index (κ3) is 18.6. The van der Waals surface area contributed by atoms with E-state index in [1.54, 1.807) is 0 Å². The van der Waals surface area contributed by atoms with Gasteiger partial charge in [0.2, 0.25) is 0 Å². The van der Waals surface area contributed by atoms with Crippen molar-refractivity contribution in [2.45, 2.75) is 143 Å². The summed E-state index contributed by atoms with van der Waals surface area (Å²) >= 11 is 0. The van der Waals surface area contributed by atoms with E-state index in [4.69, 9.17) is 9.47 Å². The first-order valence-electron chi connectivity index (χ1n) is 15.6. The van der Waals surface area contributed by atoms with Crippen molar-refractivity contribution < 1.29 is 19.1 Å². The molecule has 0 aromatic heterocycles.